The van der Waals surface area contributed by atoms with Gasteiger partial charge < -0.3 is 9.47 Å². The van der Waals surface area contributed by atoms with Crippen molar-refractivity contribution in [2.24, 2.45) is 0 Å². The third-order valence-electron chi connectivity index (χ3n) is 5.68. The summed E-state index contributed by atoms with van der Waals surface area (Å²) in [7, 11) is -3.31. The number of morpholine rings is 1. The number of sulfone groups is 1. The van der Waals surface area contributed by atoms with Crippen LogP contribution in [0.25, 0.3) is 11.3 Å². The fourth-order valence-electron chi connectivity index (χ4n) is 3.57. The first-order valence-electron chi connectivity index (χ1n) is 11.6. The van der Waals surface area contributed by atoms with Gasteiger partial charge in [-0.25, -0.2) is 13.4 Å². The van der Waals surface area contributed by atoms with Gasteiger partial charge in [-0.15, -0.1) is 0 Å². The molecule has 7 nitrogen and oxygen atoms in total. The van der Waals surface area contributed by atoms with Crippen LogP contribution in [0.4, 0.5) is 0 Å². The lowest BCUT2D eigenvalue weighted by Crippen LogP contribution is -2.38. The second-order valence-electron chi connectivity index (χ2n) is 8.49. The number of benzene rings is 2. The first-order valence-corrected chi connectivity index (χ1v) is 13.2. The Labute approximate surface area is 207 Å². The van der Waals surface area contributed by atoms with Gasteiger partial charge >= 0.3 is 0 Å². The molecule has 4 rings (SSSR count). The SMILES string of the molecule is CC(C)S(=O)(=O)c1ccc(-c2cncc(C#Cc3cccc(OCCN4CCOCC4)c3)n2)cc1. The summed E-state index contributed by atoms with van der Waals surface area (Å²) in [6.07, 6.45) is 3.25. The van der Waals surface area contributed by atoms with Gasteiger partial charge in [0.25, 0.3) is 0 Å². The molecule has 1 saturated heterocycles. The van der Waals surface area contributed by atoms with Crippen LogP contribution in [-0.4, -0.2) is 68.0 Å². The molecule has 1 aliphatic heterocycles. The van der Waals surface area contributed by atoms with E-state index in [9.17, 15) is 8.42 Å². The summed E-state index contributed by atoms with van der Waals surface area (Å²) < 4.78 is 36.0. The zero-order valence-corrected chi connectivity index (χ0v) is 20.8. The largest absolute Gasteiger partial charge is 0.492 e. The van der Waals surface area contributed by atoms with E-state index in [4.69, 9.17) is 9.47 Å². The summed E-state index contributed by atoms with van der Waals surface area (Å²) in [5, 5.41) is -0.472. The van der Waals surface area contributed by atoms with Crippen LogP contribution in [0.1, 0.15) is 25.1 Å². The number of ether oxygens (including phenoxy) is 2. The van der Waals surface area contributed by atoms with Crippen molar-refractivity contribution in [3.05, 3.63) is 72.2 Å². The topological polar surface area (TPSA) is 81.6 Å². The lowest BCUT2D eigenvalue weighted by atomic mass is 10.1. The lowest BCUT2D eigenvalue weighted by molar-refractivity contribution is 0.0322. The molecule has 35 heavy (non-hydrogen) atoms. The molecule has 1 aliphatic rings. The molecule has 0 saturated carbocycles. The summed E-state index contributed by atoms with van der Waals surface area (Å²) in [6.45, 7) is 8.26. The Morgan fingerprint density at radius 2 is 1.83 bits per heavy atom. The fraction of sp³-hybridized carbons (Fsp3) is 0.333. The van der Waals surface area contributed by atoms with E-state index in [1.807, 2.05) is 24.3 Å². The van der Waals surface area contributed by atoms with Crippen molar-refractivity contribution in [3.8, 4) is 28.8 Å². The molecule has 1 fully saturated rings. The highest BCUT2D eigenvalue weighted by atomic mass is 32.2. The molecular formula is C27H29N3O4S. The molecule has 0 unspecified atom stereocenters. The maximum atomic E-state index is 12.3. The maximum Gasteiger partial charge on any atom is 0.180 e. The van der Waals surface area contributed by atoms with Crippen LogP contribution in [0, 0.1) is 11.8 Å². The minimum Gasteiger partial charge on any atom is -0.492 e. The Morgan fingerprint density at radius 1 is 1.06 bits per heavy atom. The van der Waals surface area contributed by atoms with Gasteiger partial charge in [0.15, 0.2) is 9.84 Å². The van der Waals surface area contributed by atoms with Gasteiger partial charge in [-0.3, -0.25) is 9.88 Å². The van der Waals surface area contributed by atoms with E-state index in [-0.39, 0.29) is 0 Å². The molecule has 0 amide bonds. The summed E-state index contributed by atoms with van der Waals surface area (Å²) in [5.41, 5.74) is 2.76. The monoisotopic (exact) mass is 491 g/mol. The second-order valence-corrected chi connectivity index (χ2v) is 11.0. The predicted molar refractivity (Wildman–Crippen MR) is 135 cm³/mol. The molecule has 0 N–H and O–H groups in total. The Hall–Kier alpha value is -3.25. The van der Waals surface area contributed by atoms with Crippen molar-refractivity contribution >= 4 is 9.84 Å². The number of aromatic nitrogens is 2. The van der Waals surface area contributed by atoms with Crippen molar-refractivity contribution in [3.63, 3.8) is 0 Å². The zero-order valence-electron chi connectivity index (χ0n) is 20.0. The predicted octanol–water partition coefficient (Wildman–Crippen LogP) is 3.44. The summed E-state index contributed by atoms with van der Waals surface area (Å²) in [6, 6.07) is 14.4. The molecule has 8 heteroatoms. The van der Waals surface area contributed by atoms with E-state index in [0.29, 0.717) is 22.9 Å². The Bertz CT molecular complexity index is 1310. The molecule has 1 aromatic heterocycles. The van der Waals surface area contributed by atoms with Crippen LogP contribution in [0.15, 0.2) is 65.8 Å². The van der Waals surface area contributed by atoms with Gasteiger partial charge in [0.2, 0.25) is 0 Å². The van der Waals surface area contributed by atoms with Gasteiger partial charge in [0, 0.05) is 30.8 Å². The molecular weight excluding hydrogens is 462 g/mol. The number of hydrogen-bond donors (Lipinski definition) is 0. The fourth-order valence-corrected chi connectivity index (χ4v) is 4.63. The number of nitrogens with zero attached hydrogens (tertiary/aromatic N) is 3. The Balaban J connectivity index is 1.42. The zero-order chi connectivity index (χ0) is 24.7. The molecule has 3 aromatic rings. The van der Waals surface area contributed by atoms with E-state index >= 15 is 0 Å². The Morgan fingerprint density at radius 3 is 2.57 bits per heavy atom. The van der Waals surface area contributed by atoms with E-state index in [1.165, 1.54) is 0 Å². The molecule has 0 aliphatic carbocycles. The smallest absolute Gasteiger partial charge is 0.180 e. The Kier molecular flexibility index (Phi) is 8.13. The molecule has 0 atom stereocenters. The van der Waals surface area contributed by atoms with E-state index in [2.05, 4.69) is 26.7 Å². The van der Waals surface area contributed by atoms with Gasteiger partial charge in [-0.1, -0.05) is 24.1 Å². The number of rotatable bonds is 7. The summed E-state index contributed by atoms with van der Waals surface area (Å²) >= 11 is 0. The first kappa shape index (κ1) is 24.9. The van der Waals surface area contributed by atoms with E-state index in [0.717, 1.165) is 49.7 Å². The van der Waals surface area contributed by atoms with Crippen molar-refractivity contribution in [1.82, 2.24) is 14.9 Å². The normalized spacial score (nSPS) is 14.4. The van der Waals surface area contributed by atoms with Crippen LogP contribution < -0.4 is 4.74 Å². The van der Waals surface area contributed by atoms with Crippen LogP contribution in [0.3, 0.4) is 0 Å². The highest BCUT2D eigenvalue weighted by Gasteiger charge is 2.19. The summed E-state index contributed by atoms with van der Waals surface area (Å²) in [5.74, 6) is 6.96. The van der Waals surface area contributed by atoms with Gasteiger partial charge in [0.05, 0.1) is 41.4 Å². The van der Waals surface area contributed by atoms with Crippen LogP contribution >= 0.6 is 0 Å². The minimum atomic E-state index is -3.31. The molecule has 0 spiro atoms. The van der Waals surface area contributed by atoms with Crippen molar-refractivity contribution in [2.45, 2.75) is 24.0 Å². The molecule has 2 aromatic carbocycles. The molecule has 182 valence electrons. The standard InChI is InChI=1S/C27H29N3O4S/c1-21(2)35(31,32)26-10-7-23(8-11-26)27-20-28-19-24(29-27)9-6-22-4-3-5-25(18-22)34-17-14-30-12-15-33-16-13-30/h3-5,7-8,10-11,18-21H,12-17H2,1-2H3. The second kappa shape index (κ2) is 11.5. The third kappa shape index (κ3) is 6.67. The van der Waals surface area contributed by atoms with Crippen molar-refractivity contribution < 1.29 is 17.9 Å². The summed E-state index contributed by atoms with van der Waals surface area (Å²) in [4.78, 5) is 11.5. The van der Waals surface area contributed by atoms with E-state index in [1.54, 1.807) is 50.5 Å². The molecule has 2 heterocycles. The van der Waals surface area contributed by atoms with Crippen LogP contribution in [0.5, 0.6) is 5.75 Å². The average Bonchev–Trinajstić information content (AvgIpc) is 2.88. The van der Waals surface area contributed by atoms with Crippen LogP contribution in [-0.2, 0) is 14.6 Å². The molecule has 0 bridgehead atoms. The van der Waals surface area contributed by atoms with Crippen LogP contribution in [0.2, 0.25) is 0 Å². The van der Waals surface area contributed by atoms with Gasteiger partial charge in [-0.05, 0) is 50.1 Å². The van der Waals surface area contributed by atoms with E-state index < -0.39 is 15.1 Å². The number of hydrogen-bond acceptors (Lipinski definition) is 7. The maximum absolute atomic E-state index is 12.3. The average molecular weight is 492 g/mol. The quantitative estimate of drug-likeness (QED) is 0.468. The lowest BCUT2D eigenvalue weighted by Gasteiger charge is -2.26. The van der Waals surface area contributed by atoms with Crippen molar-refractivity contribution in [2.75, 3.05) is 39.5 Å². The highest BCUT2D eigenvalue weighted by molar-refractivity contribution is 7.92. The third-order valence-corrected chi connectivity index (χ3v) is 7.85. The first-order chi connectivity index (χ1) is 16.9. The van der Waals surface area contributed by atoms with Gasteiger partial charge in [0.1, 0.15) is 18.1 Å². The highest BCUT2D eigenvalue weighted by Crippen LogP contribution is 2.21. The molecule has 0 radical (unpaired) electrons. The van der Waals surface area contributed by atoms with Crippen molar-refractivity contribution in [1.29, 1.82) is 0 Å². The minimum absolute atomic E-state index is 0.298. The van der Waals surface area contributed by atoms with Gasteiger partial charge in [-0.2, -0.15) is 0 Å².